The van der Waals surface area contributed by atoms with E-state index < -0.39 is 0 Å². The summed E-state index contributed by atoms with van der Waals surface area (Å²) in [6, 6.07) is 15.7. The summed E-state index contributed by atoms with van der Waals surface area (Å²) in [6.45, 7) is 0.526. The van der Waals surface area contributed by atoms with Crippen molar-refractivity contribution in [3.05, 3.63) is 76.5 Å². The van der Waals surface area contributed by atoms with E-state index in [0.29, 0.717) is 12.1 Å². The molecule has 0 aliphatic carbocycles. The minimum absolute atomic E-state index is 0.0587. The van der Waals surface area contributed by atoms with Gasteiger partial charge in [-0.05, 0) is 35.9 Å². The molecule has 100 valence electrons. The van der Waals surface area contributed by atoms with Gasteiger partial charge in [-0.1, -0.05) is 34.1 Å². The highest BCUT2D eigenvalue weighted by molar-refractivity contribution is 9.10. The van der Waals surface area contributed by atoms with E-state index in [2.05, 4.69) is 21.2 Å². The molecule has 2 aromatic heterocycles. The topological polar surface area (TPSA) is 33.5 Å². The number of fused-ring (bicyclic) bond motifs is 1. The molecule has 0 aliphatic rings. The first kappa shape index (κ1) is 12.9. The predicted molar refractivity (Wildman–Crippen MR) is 82.7 cm³/mol. The summed E-state index contributed by atoms with van der Waals surface area (Å²) in [7, 11) is 0. The van der Waals surface area contributed by atoms with Crippen LogP contribution >= 0.6 is 15.9 Å². The Bertz CT molecular complexity index is 714. The number of hydrogen-bond donors (Lipinski definition) is 1. The number of nitrogens with zero attached hydrogens (tertiary/aromatic N) is 1. The summed E-state index contributed by atoms with van der Waals surface area (Å²) in [5.74, 6) is -0.0587. The number of nitrogens with one attached hydrogen (secondary N) is 1. The molecule has 1 amide bonds. The zero-order valence-corrected chi connectivity index (χ0v) is 12.3. The van der Waals surface area contributed by atoms with Gasteiger partial charge in [0.05, 0.1) is 5.56 Å². The Morgan fingerprint density at radius 3 is 2.70 bits per heavy atom. The third-order valence-corrected chi connectivity index (χ3v) is 3.66. The standard InChI is InChI=1S/C16H13BrN2O/c17-14-6-4-12(5-7-14)10-18-16(20)13-9-15-3-1-2-8-19(15)11-13/h1-9,11H,10H2,(H,18,20). The lowest BCUT2D eigenvalue weighted by molar-refractivity contribution is 0.0951. The van der Waals surface area contributed by atoms with Crippen LogP contribution in [0.3, 0.4) is 0 Å². The molecule has 3 aromatic rings. The Balaban J connectivity index is 1.71. The SMILES string of the molecule is O=C(NCc1ccc(Br)cc1)c1cc2ccccn2c1. The molecule has 0 saturated carbocycles. The number of carbonyl (C=O) groups is 1. The molecule has 4 heteroatoms. The van der Waals surface area contributed by atoms with E-state index in [1.807, 2.05) is 65.3 Å². The monoisotopic (exact) mass is 328 g/mol. The van der Waals surface area contributed by atoms with Crippen LogP contribution in [0.1, 0.15) is 15.9 Å². The van der Waals surface area contributed by atoms with Crippen LogP contribution in [0.2, 0.25) is 0 Å². The van der Waals surface area contributed by atoms with Crippen molar-refractivity contribution < 1.29 is 4.79 Å². The summed E-state index contributed by atoms with van der Waals surface area (Å²) in [5.41, 5.74) is 2.76. The molecule has 0 fully saturated rings. The number of halogens is 1. The van der Waals surface area contributed by atoms with Crippen molar-refractivity contribution in [2.45, 2.75) is 6.54 Å². The Morgan fingerprint density at radius 1 is 1.15 bits per heavy atom. The average Bonchev–Trinajstić information content (AvgIpc) is 2.90. The molecule has 0 saturated heterocycles. The minimum atomic E-state index is -0.0587. The highest BCUT2D eigenvalue weighted by Gasteiger charge is 2.08. The van der Waals surface area contributed by atoms with Crippen molar-refractivity contribution in [1.82, 2.24) is 9.72 Å². The fourth-order valence-electron chi connectivity index (χ4n) is 2.07. The zero-order valence-electron chi connectivity index (χ0n) is 10.7. The maximum atomic E-state index is 12.1. The van der Waals surface area contributed by atoms with E-state index in [1.165, 1.54) is 0 Å². The zero-order chi connectivity index (χ0) is 13.9. The van der Waals surface area contributed by atoms with Crippen LogP contribution < -0.4 is 5.32 Å². The van der Waals surface area contributed by atoms with Crippen molar-refractivity contribution in [1.29, 1.82) is 0 Å². The van der Waals surface area contributed by atoms with Crippen molar-refractivity contribution in [3.8, 4) is 0 Å². The molecule has 20 heavy (non-hydrogen) atoms. The summed E-state index contributed by atoms with van der Waals surface area (Å²) < 4.78 is 2.97. The summed E-state index contributed by atoms with van der Waals surface area (Å²) in [4.78, 5) is 12.1. The molecule has 3 nitrogen and oxygen atoms in total. The molecule has 1 N–H and O–H groups in total. The lowest BCUT2D eigenvalue weighted by Crippen LogP contribution is -2.22. The molecular formula is C16H13BrN2O. The molecular weight excluding hydrogens is 316 g/mol. The van der Waals surface area contributed by atoms with Crippen molar-refractivity contribution in [2.75, 3.05) is 0 Å². The maximum absolute atomic E-state index is 12.1. The van der Waals surface area contributed by atoms with Crippen LogP contribution in [0, 0.1) is 0 Å². The van der Waals surface area contributed by atoms with Gasteiger partial charge in [0, 0.05) is 28.9 Å². The first-order chi connectivity index (χ1) is 9.72. The van der Waals surface area contributed by atoms with Crippen LogP contribution in [-0.4, -0.2) is 10.3 Å². The summed E-state index contributed by atoms with van der Waals surface area (Å²) in [5, 5.41) is 2.93. The van der Waals surface area contributed by atoms with Gasteiger partial charge in [-0.2, -0.15) is 0 Å². The second kappa shape index (κ2) is 5.51. The minimum Gasteiger partial charge on any atom is -0.348 e. The number of hydrogen-bond acceptors (Lipinski definition) is 1. The number of aromatic nitrogens is 1. The average molecular weight is 329 g/mol. The second-order valence-electron chi connectivity index (χ2n) is 4.57. The van der Waals surface area contributed by atoms with E-state index in [1.54, 1.807) is 0 Å². The van der Waals surface area contributed by atoms with Crippen LogP contribution in [0.15, 0.2) is 65.4 Å². The number of pyridine rings is 1. The van der Waals surface area contributed by atoms with Crippen LogP contribution in [0.4, 0.5) is 0 Å². The van der Waals surface area contributed by atoms with Gasteiger partial charge in [-0.25, -0.2) is 0 Å². The Morgan fingerprint density at radius 2 is 1.95 bits per heavy atom. The van der Waals surface area contributed by atoms with E-state index in [9.17, 15) is 4.79 Å². The third kappa shape index (κ3) is 2.75. The highest BCUT2D eigenvalue weighted by Crippen LogP contribution is 2.12. The van der Waals surface area contributed by atoms with Gasteiger partial charge in [0.1, 0.15) is 0 Å². The van der Waals surface area contributed by atoms with E-state index >= 15 is 0 Å². The number of carbonyl (C=O) groups excluding carboxylic acids is 1. The lowest BCUT2D eigenvalue weighted by atomic mass is 10.2. The molecule has 0 aliphatic heterocycles. The molecule has 3 rings (SSSR count). The Labute approximate surface area is 125 Å². The largest absolute Gasteiger partial charge is 0.348 e. The van der Waals surface area contributed by atoms with Crippen LogP contribution in [-0.2, 0) is 6.54 Å². The van der Waals surface area contributed by atoms with Gasteiger partial charge in [0.25, 0.3) is 5.91 Å². The van der Waals surface area contributed by atoms with E-state index in [4.69, 9.17) is 0 Å². The number of rotatable bonds is 3. The van der Waals surface area contributed by atoms with Gasteiger partial charge in [-0.3, -0.25) is 4.79 Å². The normalized spacial score (nSPS) is 10.7. The summed E-state index contributed by atoms with van der Waals surface area (Å²) >= 11 is 3.39. The Hall–Kier alpha value is -2.07. The van der Waals surface area contributed by atoms with Crippen molar-refractivity contribution in [2.24, 2.45) is 0 Å². The maximum Gasteiger partial charge on any atom is 0.253 e. The molecule has 0 radical (unpaired) electrons. The van der Waals surface area contributed by atoms with Gasteiger partial charge in [0.15, 0.2) is 0 Å². The van der Waals surface area contributed by atoms with E-state index in [0.717, 1.165) is 15.6 Å². The van der Waals surface area contributed by atoms with Crippen molar-refractivity contribution >= 4 is 27.4 Å². The molecule has 0 bridgehead atoms. The highest BCUT2D eigenvalue weighted by atomic mass is 79.9. The second-order valence-corrected chi connectivity index (χ2v) is 5.49. The number of benzene rings is 1. The molecule has 0 unspecified atom stereocenters. The molecule has 0 atom stereocenters. The first-order valence-corrected chi connectivity index (χ1v) is 7.11. The van der Waals surface area contributed by atoms with Gasteiger partial charge >= 0.3 is 0 Å². The molecule has 0 spiro atoms. The Kier molecular flexibility index (Phi) is 3.56. The third-order valence-electron chi connectivity index (χ3n) is 3.13. The molecule has 1 aromatic carbocycles. The lowest BCUT2D eigenvalue weighted by Gasteiger charge is -2.03. The van der Waals surface area contributed by atoms with Crippen LogP contribution in [0.5, 0.6) is 0 Å². The van der Waals surface area contributed by atoms with Gasteiger partial charge in [-0.15, -0.1) is 0 Å². The first-order valence-electron chi connectivity index (χ1n) is 6.32. The number of amides is 1. The van der Waals surface area contributed by atoms with Gasteiger partial charge < -0.3 is 9.72 Å². The van der Waals surface area contributed by atoms with Crippen LogP contribution in [0.25, 0.3) is 5.52 Å². The summed E-state index contributed by atoms with van der Waals surface area (Å²) in [6.07, 6.45) is 3.77. The predicted octanol–water partition coefficient (Wildman–Crippen LogP) is 3.63. The quantitative estimate of drug-likeness (QED) is 0.782. The van der Waals surface area contributed by atoms with E-state index in [-0.39, 0.29) is 5.91 Å². The molecule has 2 heterocycles. The fraction of sp³-hybridized carbons (Fsp3) is 0.0625. The smallest absolute Gasteiger partial charge is 0.253 e. The fourth-order valence-corrected chi connectivity index (χ4v) is 2.33. The van der Waals surface area contributed by atoms with Crippen molar-refractivity contribution in [3.63, 3.8) is 0 Å². The van der Waals surface area contributed by atoms with Gasteiger partial charge in [0.2, 0.25) is 0 Å².